The van der Waals surface area contributed by atoms with Gasteiger partial charge >= 0.3 is 0 Å². The first-order valence-electron chi connectivity index (χ1n) is 12.7. The summed E-state index contributed by atoms with van der Waals surface area (Å²) in [4.78, 5) is 37.6. The molecule has 0 amide bonds. The first kappa shape index (κ1) is 25.3. The third kappa shape index (κ3) is 5.08. The second-order valence-electron chi connectivity index (χ2n) is 9.46. The summed E-state index contributed by atoms with van der Waals surface area (Å²) in [5, 5.41) is 3.19. The molecule has 1 fully saturated rings. The van der Waals surface area contributed by atoms with Gasteiger partial charge in [-0.15, -0.1) is 0 Å². The molecule has 37 heavy (non-hydrogen) atoms. The van der Waals surface area contributed by atoms with Crippen LogP contribution in [0.5, 0.6) is 0 Å². The van der Waals surface area contributed by atoms with Crippen molar-refractivity contribution in [2.75, 3.05) is 11.6 Å². The Labute approximate surface area is 219 Å². The van der Waals surface area contributed by atoms with Crippen LogP contribution < -0.4 is 10.9 Å². The van der Waals surface area contributed by atoms with Gasteiger partial charge in [-0.3, -0.25) is 9.36 Å². The zero-order valence-electron chi connectivity index (χ0n) is 21.6. The van der Waals surface area contributed by atoms with Gasteiger partial charge in [-0.05, 0) is 61.5 Å². The van der Waals surface area contributed by atoms with Crippen LogP contribution in [0, 0.1) is 0 Å². The van der Waals surface area contributed by atoms with Crippen molar-refractivity contribution in [3.8, 4) is 11.4 Å². The summed E-state index contributed by atoms with van der Waals surface area (Å²) in [6, 6.07) is 7.39. The van der Waals surface area contributed by atoms with E-state index in [4.69, 9.17) is 4.98 Å². The maximum Gasteiger partial charge on any atom is 0.295 e. The quantitative estimate of drug-likeness (QED) is 0.324. The van der Waals surface area contributed by atoms with Crippen LogP contribution >= 0.6 is 0 Å². The molecule has 1 aromatic carbocycles. The number of nitrogens with one attached hydrogen (secondary N) is 1. The van der Waals surface area contributed by atoms with Crippen LogP contribution in [-0.4, -0.2) is 40.3 Å². The van der Waals surface area contributed by atoms with Crippen LogP contribution in [0.15, 0.2) is 46.5 Å². The second-order valence-corrected chi connectivity index (χ2v) is 10.8. The fourth-order valence-electron chi connectivity index (χ4n) is 4.43. The Balaban J connectivity index is 1.56. The van der Waals surface area contributed by atoms with E-state index < -0.39 is 11.2 Å². The molecule has 4 aromatic rings. The highest BCUT2D eigenvalue weighted by Crippen LogP contribution is 2.43. The number of fused-ring (bicyclic) bond motifs is 1. The third-order valence-electron chi connectivity index (χ3n) is 6.86. The van der Waals surface area contributed by atoms with Gasteiger partial charge in [0.15, 0.2) is 22.2 Å². The van der Waals surface area contributed by atoms with Gasteiger partial charge in [-0.2, -0.15) is 0 Å². The molecule has 10 heteroatoms. The van der Waals surface area contributed by atoms with Gasteiger partial charge < -0.3 is 9.87 Å². The molecule has 3 aromatic heterocycles. The molecular formula is C27H31N7O2S. The van der Waals surface area contributed by atoms with E-state index in [0.717, 1.165) is 53.1 Å². The minimum absolute atomic E-state index is 0.0827. The summed E-state index contributed by atoms with van der Waals surface area (Å²) in [6.45, 7) is 6.53. The lowest BCUT2D eigenvalue weighted by Gasteiger charge is -2.18. The Morgan fingerprint density at radius 1 is 1.14 bits per heavy atom. The molecule has 0 saturated heterocycles. The van der Waals surface area contributed by atoms with E-state index >= 15 is 0 Å². The number of benzene rings is 1. The van der Waals surface area contributed by atoms with Crippen molar-refractivity contribution in [2.45, 2.75) is 69.9 Å². The van der Waals surface area contributed by atoms with Gasteiger partial charge in [0.25, 0.3) is 5.56 Å². The number of rotatable bonds is 9. The Hall–Kier alpha value is -3.37. The number of aromatic nitrogens is 6. The molecule has 5 rings (SSSR count). The van der Waals surface area contributed by atoms with E-state index in [1.807, 2.05) is 38.1 Å². The summed E-state index contributed by atoms with van der Waals surface area (Å²) in [5.74, 6) is 1.21. The second kappa shape index (κ2) is 10.5. The molecule has 3 heterocycles. The van der Waals surface area contributed by atoms with Gasteiger partial charge in [0.1, 0.15) is 18.1 Å². The summed E-state index contributed by atoms with van der Waals surface area (Å²) < 4.78 is 13.4. The van der Waals surface area contributed by atoms with E-state index in [1.165, 1.54) is 0 Å². The molecule has 0 radical (unpaired) electrons. The molecule has 0 aliphatic heterocycles. The summed E-state index contributed by atoms with van der Waals surface area (Å²) in [7, 11) is 0. The average Bonchev–Trinajstić information content (AvgIpc) is 3.76. The fourth-order valence-corrected chi connectivity index (χ4v) is 4.95. The highest BCUT2D eigenvalue weighted by molar-refractivity contribution is 7.90. The Kier molecular flexibility index (Phi) is 7.21. The molecule has 0 bridgehead atoms. The molecule has 1 saturated carbocycles. The van der Waals surface area contributed by atoms with Crippen molar-refractivity contribution in [1.82, 2.24) is 29.5 Å². The van der Waals surface area contributed by atoms with E-state index in [0.29, 0.717) is 29.5 Å². The minimum atomic E-state index is -1.03. The normalized spacial score (nSPS) is 15.1. The van der Waals surface area contributed by atoms with E-state index in [1.54, 1.807) is 23.3 Å². The van der Waals surface area contributed by atoms with Crippen LogP contribution in [0.25, 0.3) is 22.6 Å². The predicted octanol–water partition coefficient (Wildman–Crippen LogP) is 4.40. The van der Waals surface area contributed by atoms with Gasteiger partial charge in [0.2, 0.25) is 0 Å². The van der Waals surface area contributed by atoms with Crippen molar-refractivity contribution in [3.63, 3.8) is 0 Å². The van der Waals surface area contributed by atoms with Gasteiger partial charge in [0.05, 0.1) is 23.1 Å². The lowest BCUT2D eigenvalue weighted by atomic mass is 10.1. The molecule has 1 aliphatic carbocycles. The monoisotopic (exact) mass is 517 g/mol. The highest BCUT2D eigenvalue weighted by Gasteiger charge is 2.30. The van der Waals surface area contributed by atoms with Crippen molar-refractivity contribution in [1.29, 1.82) is 0 Å². The lowest BCUT2D eigenvalue weighted by molar-refractivity contribution is 0.526. The predicted molar refractivity (Wildman–Crippen MR) is 145 cm³/mol. The molecule has 9 nitrogen and oxygen atoms in total. The molecule has 192 valence electrons. The lowest BCUT2D eigenvalue weighted by Crippen LogP contribution is -2.28. The number of hydrogen-bond donors (Lipinski definition) is 1. The zero-order valence-corrected chi connectivity index (χ0v) is 22.4. The molecule has 1 N–H and O–H groups in total. The van der Waals surface area contributed by atoms with E-state index in [9.17, 15) is 9.35 Å². The average molecular weight is 518 g/mol. The highest BCUT2D eigenvalue weighted by atomic mass is 32.2. The number of anilines is 1. The topological polar surface area (TPSA) is 122 Å². The molecule has 1 unspecified atom stereocenters. The van der Waals surface area contributed by atoms with Crippen LogP contribution in [0.3, 0.4) is 0 Å². The maximum absolute atomic E-state index is 13.6. The fraction of sp³-hybridized carbons (Fsp3) is 0.407. The van der Waals surface area contributed by atoms with Crippen molar-refractivity contribution in [2.24, 2.45) is 0 Å². The third-order valence-corrected chi connectivity index (χ3v) is 7.79. The molecule has 1 aliphatic rings. The largest absolute Gasteiger partial charge is 0.612 e. The number of hydrogen-bond acceptors (Lipinski definition) is 8. The SMILES string of the molecule is CCc1ncnc(C2CC2)c1-c1ncc2nc(NCc3ccc([S+](C)[O-])cc3)c(=O)n([C@H](C)CC)c2n1. The molecule has 2 atom stereocenters. The Morgan fingerprint density at radius 2 is 1.89 bits per heavy atom. The van der Waals surface area contributed by atoms with Crippen LogP contribution in [-0.2, 0) is 24.1 Å². The Morgan fingerprint density at radius 3 is 2.54 bits per heavy atom. The molecular weight excluding hydrogens is 486 g/mol. The number of nitrogens with zero attached hydrogens (tertiary/aromatic N) is 6. The van der Waals surface area contributed by atoms with Gasteiger partial charge in [0, 0.05) is 18.5 Å². The van der Waals surface area contributed by atoms with Gasteiger partial charge in [-0.1, -0.05) is 26.0 Å². The van der Waals surface area contributed by atoms with Crippen molar-refractivity contribution < 1.29 is 4.55 Å². The van der Waals surface area contributed by atoms with Crippen LogP contribution in [0.1, 0.15) is 68.9 Å². The van der Waals surface area contributed by atoms with Crippen molar-refractivity contribution >= 4 is 28.2 Å². The van der Waals surface area contributed by atoms with E-state index in [2.05, 4.69) is 32.2 Å². The van der Waals surface area contributed by atoms with Gasteiger partial charge in [-0.25, -0.2) is 24.9 Å². The maximum atomic E-state index is 13.6. The van der Waals surface area contributed by atoms with E-state index in [-0.39, 0.29) is 17.4 Å². The number of aryl methyl sites for hydroxylation is 1. The van der Waals surface area contributed by atoms with Crippen LogP contribution in [0.4, 0.5) is 5.82 Å². The standard InChI is InChI=1S/C27H31N7O2S/c1-5-16(3)34-26-21(32-25(27(34)35)28-13-17-7-11-19(12-8-17)37(4)36)14-29-24(33-26)22-20(6-2)30-15-31-23(22)18-9-10-18/h7-8,11-12,14-16,18H,5-6,9-10,13H2,1-4H3,(H,28,32)/t16-,37?/m1/s1. The summed E-state index contributed by atoms with van der Waals surface area (Å²) >= 11 is -1.03. The molecule has 0 spiro atoms. The minimum Gasteiger partial charge on any atom is -0.612 e. The summed E-state index contributed by atoms with van der Waals surface area (Å²) in [6.07, 6.45) is 8.68. The summed E-state index contributed by atoms with van der Waals surface area (Å²) in [5.41, 5.74) is 4.59. The Bertz CT molecular complexity index is 1480. The van der Waals surface area contributed by atoms with Crippen LogP contribution in [0.2, 0.25) is 0 Å². The van der Waals surface area contributed by atoms with Crippen molar-refractivity contribution in [3.05, 3.63) is 64.1 Å². The zero-order chi connectivity index (χ0) is 26.1. The first-order chi connectivity index (χ1) is 17.9. The smallest absolute Gasteiger partial charge is 0.295 e. The first-order valence-corrected chi connectivity index (χ1v) is 14.3.